The van der Waals surface area contributed by atoms with Gasteiger partial charge in [-0.05, 0) is 44.0 Å². The average Bonchev–Trinajstić information content (AvgIpc) is 3.19. The van der Waals surface area contributed by atoms with Crippen molar-refractivity contribution in [2.24, 2.45) is 0 Å². The SMILES string of the molecule is CCS(=O)(=O)N1CCC(c2nnc(C(=O)Nc3ccc(OC)cc3)s2)CC1. The van der Waals surface area contributed by atoms with Gasteiger partial charge in [-0.3, -0.25) is 4.79 Å². The molecule has 1 amide bonds. The molecule has 3 rings (SSSR count). The average molecular weight is 411 g/mol. The van der Waals surface area contributed by atoms with E-state index in [-0.39, 0.29) is 17.6 Å². The van der Waals surface area contributed by atoms with Gasteiger partial charge in [-0.1, -0.05) is 11.3 Å². The number of anilines is 1. The van der Waals surface area contributed by atoms with Gasteiger partial charge in [0.1, 0.15) is 10.8 Å². The molecule has 2 aromatic rings. The van der Waals surface area contributed by atoms with Gasteiger partial charge in [0, 0.05) is 24.7 Å². The lowest BCUT2D eigenvalue weighted by molar-refractivity contribution is 0.102. The summed E-state index contributed by atoms with van der Waals surface area (Å²) < 4.78 is 30.5. The highest BCUT2D eigenvalue weighted by atomic mass is 32.2. The summed E-state index contributed by atoms with van der Waals surface area (Å²) in [6.45, 7) is 2.61. The van der Waals surface area contributed by atoms with Crippen LogP contribution >= 0.6 is 11.3 Å². The minimum Gasteiger partial charge on any atom is -0.497 e. The Labute approximate surface area is 162 Å². The van der Waals surface area contributed by atoms with Crippen LogP contribution in [0.2, 0.25) is 0 Å². The number of carbonyl (C=O) groups excluding carboxylic acids is 1. The molecule has 0 atom stereocenters. The van der Waals surface area contributed by atoms with E-state index in [2.05, 4.69) is 15.5 Å². The van der Waals surface area contributed by atoms with E-state index in [0.717, 1.165) is 5.01 Å². The van der Waals surface area contributed by atoms with Crippen molar-refractivity contribution in [2.45, 2.75) is 25.7 Å². The molecule has 2 heterocycles. The predicted molar refractivity (Wildman–Crippen MR) is 104 cm³/mol. The zero-order chi connectivity index (χ0) is 19.4. The van der Waals surface area contributed by atoms with Crippen LogP contribution < -0.4 is 10.1 Å². The van der Waals surface area contributed by atoms with Gasteiger partial charge in [-0.25, -0.2) is 12.7 Å². The number of ether oxygens (including phenoxy) is 1. The minimum absolute atomic E-state index is 0.117. The first kappa shape index (κ1) is 19.7. The smallest absolute Gasteiger partial charge is 0.286 e. The molecule has 0 spiro atoms. The number of aromatic nitrogens is 2. The monoisotopic (exact) mass is 410 g/mol. The Morgan fingerprint density at radius 1 is 1.26 bits per heavy atom. The molecular weight excluding hydrogens is 388 g/mol. The first-order chi connectivity index (χ1) is 12.9. The van der Waals surface area contributed by atoms with Gasteiger partial charge in [-0.2, -0.15) is 0 Å². The quantitative estimate of drug-likeness (QED) is 0.784. The van der Waals surface area contributed by atoms with E-state index < -0.39 is 10.0 Å². The van der Waals surface area contributed by atoms with Crippen LogP contribution in [0.4, 0.5) is 5.69 Å². The molecule has 1 saturated heterocycles. The topological polar surface area (TPSA) is 101 Å². The summed E-state index contributed by atoms with van der Waals surface area (Å²) in [5.74, 6) is 0.650. The van der Waals surface area contributed by atoms with Crippen LogP contribution in [0.15, 0.2) is 24.3 Å². The zero-order valence-corrected chi connectivity index (χ0v) is 16.8. The van der Waals surface area contributed by atoms with Crippen LogP contribution in [0.25, 0.3) is 0 Å². The number of hydrogen-bond acceptors (Lipinski definition) is 7. The van der Waals surface area contributed by atoms with E-state index in [9.17, 15) is 13.2 Å². The second kappa shape index (κ2) is 8.32. The second-order valence-electron chi connectivity index (χ2n) is 6.20. The molecule has 10 heteroatoms. The highest BCUT2D eigenvalue weighted by molar-refractivity contribution is 7.89. The summed E-state index contributed by atoms with van der Waals surface area (Å²) in [6.07, 6.45) is 1.38. The molecule has 1 fully saturated rings. The lowest BCUT2D eigenvalue weighted by Gasteiger charge is -2.29. The highest BCUT2D eigenvalue weighted by Crippen LogP contribution is 2.31. The van der Waals surface area contributed by atoms with Crippen molar-refractivity contribution < 1.29 is 17.9 Å². The summed E-state index contributed by atoms with van der Waals surface area (Å²) in [5.41, 5.74) is 0.649. The number of benzene rings is 1. The third-order valence-corrected chi connectivity index (χ3v) is 7.51. The number of amides is 1. The molecular formula is C17H22N4O4S2. The maximum atomic E-state index is 12.4. The number of sulfonamides is 1. The van der Waals surface area contributed by atoms with Crippen LogP contribution in [-0.2, 0) is 10.0 Å². The van der Waals surface area contributed by atoms with E-state index in [1.54, 1.807) is 38.3 Å². The normalized spacial score (nSPS) is 16.2. The molecule has 0 aliphatic carbocycles. The van der Waals surface area contributed by atoms with Gasteiger partial charge in [0.05, 0.1) is 12.9 Å². The Morgan fingerprint density at radius 2 is 1.93 bits per heavy atom. The number of nitrogens with zero attached hydrogens (tertiary/aromatic N) is 3. The van der Waals surface area contributed by atoms with Crippen molar-refractivity contribution in [3.63, 3.8) is 0 Å². The maximum absolute atomic E-state index is 12.4. The van der Waals surface area contributed by atoms with Crippen molar-refractivity contribution >= 4 is 33.0 Å². The van der Waals surface area contributed by atoms with Crippen LogP contribution in [0.3, 0.4) is 0 Å². The van der Waals surface area contributed by atoms with Gasteiger partial charge in [0.2, 0.25) is 15.0 Å². The van der Waals surface area contributed by atoms with Crippen LogP contribution in [0.5, 0.6) is 5.75 Å². The molecule has 0 unspecified atom stereocenters. The van der Waals surface area contributed by atoms with E-state index in [0.29, 0.717) is 42.4 Å². The van der Waals surface area contributed by atoms with Gasteiger partial charge < -0.3 is 10.1 Å². The van der Waals surface area contributed by atoms with Crippen LogP contribution in [0, 0.1) is 0 Å². The second-order valence-corrected chi connectivity index (χ2v) is 9.47. The Hall–Kier alpha value is -2.04. The van der Waals surface area contributed by atoms with E-state index >= 15 is 0 Å². The first-order valence-corrected chi connectivity index (χ1v) is 11.1. The summed E-state index contributed by atoms with van der Waals surface area (Å²) in [7, 11) is -1.57. The molecule has 0 radical (unpaired) electrons. The molecule has 1 aromatic heterocycles. The van der Waals surface area contributed by atoms with Crippen LogP contribution in [0.1, 0.15) is 40.5 Å². The fourth-order valence-corrected chi connectivity index (χ4v) is 4.95. The fraction of sp³-hybridized carbons (Fsp3) is 0.471. The van der Waals surface area contributed by atoms with Gasteiger partial charge in [-0.15, -0.1) is 10.2 Å². The Balaban J connectivity index is 1.60. The molecule has 1 aliphatic heterocycles. The largest absolute Gasteiger partial charge is 0.497 e. The summed E-state index contributed by atoms with van der Waals surface area (Å²) in [5, 5.41) is 12.0. The number of piperidine rings is 1. The highest BCUT2D eigenvalue weighted by Gasteiger charge is 2.29. The van der Waals surface area contributed by atoms with Crippen LogP contribution in [-0.4, -0.2) is 54.8 Å². The molecule has 8 nitrogen and oxygen atoms in total. The molecule has 0 bridgehead atoms. The first-order valence-electron chi connectivity index (χ1n) is 8.69. The summed E-state index contributed by atoms with van der Waals surface area (Å²) in [4.78, 5) is 12.4. The lowest BCUT2D eigenvalue weighted by atomic mass is 9.99. The molecule has 27 heavy (non-hydrogen) atoms. The number of nitrogens with one attached hydrogen (secondary N) is 1. The number of rotatable bonds is 6. The number of hydrogen-bond donors (Lipinski definition) is 1. The lowest BCUT2D eigenvalue weighted by Crippen LogP contribution is -2.38. The van der Waals surface area contributed by atoms with E-state index in [4.69, 9.17) is 4.74 Å². The maximum Gasteiger partial charge on any atom is 0.286 e. The Bertz CT molecular complexity index is 888. The Morgan fingerprint density at radius 3 is 2.52 bits per heavy atom. The number of carbonyl (C=O) groups is 1. The van der Waals surface area contributed by atoms with Crippen molar-refractivity contribution in [1.29, 1.82) is 0 Å². The van der Waals surface area contributed by atoms with Crippen molar-refractivity contribution in [1.82, 2.24) is 14.5 Å². The van der Waals surface area contributed by atoms with Gasteiger partial charge in [0.25, 0.3) is 5.91 Å². The minimum atomic E-state index is -3.15. The predicted octanol–water partition coefficient (Wildman–Crippen LogP) is 2.33. The molecule has 0 saturated carbocycles. The molecule has 146 valence electrons. The third-order valence-electron chi connectivity index (χ3n) is 4.54. The molecule has 1 aromatic carbocycles. The summed E-state index contributed by atoms with van der Waals surface area (Å²) in [6, 6.07) is 7.03. The zero-order valence-electron chi connectivity index (χ0n) is 15.2. The van der Waals surface area contributed by atoms with Gasteiger partial charge >= 0.3 is 0 Å². The standard InChI is InChI=1S/C17H22N4O4S2/c1-3-27(23,24)21-10-8-12(9-11-21)16-19-20-17(26-16)15(22)18-13-4-6-14(25-2)7-5-13/h4-7,12H,3,8-11H2,1-2H3,(H,18,22). The molecule has 1 N–H and O–H groups in total. The molecule has 1 aliphatic rings. The van der Waals surface area contributed by atoms with Crippen molar-refractivity contribution in [3.05, 3.63) is 34.3 Å². The van der Waals surface area contributed by atoms with Crippen molar-refractivity contribution in [2.75, 3.05) is 31.3 Å². The van der Waals surface area contributed by atoms with E-state index in [1.165, 1.54) is 15.6 Å². The summed E-state index contributed by atoms with van der Waals surface area (Å²) >= 11 is 1.26. The Kier molecular flexibility index (Phi) is 6.08. The van der Waals surface area contributed by atoms with Crippen molar-refractivity contribution in [3.8, 4) is 5.75 Å². The number of methoxy groups -OCH3 is 1. The van der Waals surface area contributed by atoms with Gasteiger partial charge in [0.15, 0.2) is 0 Å². The fourth-order valence-electron chi connectivity index (χ4n) is 2.91. The van der Waals surface area contributed by atoms with E-state index in [1.807, 2.05) is 0 Å². The third kappa shape index (κ3) is 4.63.